The van der Waals surface area contributed by atoms with Crippen LogP contribution in [-0.4, -0.2) is 39.7 Å². The van der Waals surface area contributed by atoms with E-state index in [1.165, 1.54) is 11.8 Å². The maximum atomic E-state index is 12.1. The van der Waals surface area contributed by atoms with Gasteiger partial charge in [0.25, 0.3) is 5.91 Å². The molecule has 3 aromatic rings. The Morgan fingerprint density at radius 2 is 1.97 bits per heavy atom. The van der Waals surface area contributed by atoms with E-state index in [0.29, 0.717) is 11.7 Å². The van der Waals surface area contributed by atoms with Crippen LogP contribution >= 0.6 is 11.8 Å². The van der Waals surface area contributed by atoms with E-state index >= 15 is 0 Å². The Morgan fingerprint density at radius 1 is 1.21 bits per heavy atom. The van der Waals surface area contributed by atoms with E-state index in [1.54, 1.807) is 13.3 Å². The molecule has 0 radical (unpaired) electrons. The molecule has 2 aromatic carbocycles. The Kier molecular flexibility index (Phi) is 7.02. The molecule has 0 saturated carbocycles. The molecule has 0 fully saturated rings. The van der Waals surface area contributed by atoms with E-state index in [0.717, 1.165) is 28.3 Å². The maximum absolute atomic E-state index is 12.1. The van der Waals surface area contributed by atoms with Gasteiger partial charge in [-0.15, -0.1) is 10.2 Å². The first-order chi connectivity index (χ1) is 14.1. The van der Waals surface area contributed by atoms with Crippen molar-refractivity contribution in [2.75, 3.05) is 12.9 Å². The summed E-state index contributed by atoms with van der Waals surface area (Å²) in [7, 11) is 1.63. The van der Waals surface area contributed by atoms with Crippen molar-refractivity contribution in [2.45, 2.75) is 25.5 Å². The van der Waals surface area contributed by atoms with Gasteiger partial charge in [0.1, 0.15) is 5.75 Å². The highest BCUT2D eigenvalue weighted by Gasteiger charge is 2.14. The summed E-state index contributed by atoms with van der Waals surface area (Å²) in [6, 6.07) is 15.5. The Morgan fingerprint density at radius 3 is 2.66 bits per heavy atom. The van der Waals surface area contributed by atoms with E-state index < -0.39 is 0 Å². The number of ether oxygens (including phenoxy) is 1. The second kappa shape index (κ2) is 9.88. The van der Waals surface area contributed by atoms with Crippen LogP contribution in [0.3, 0.4) is 0 Å². The number of thioether (sulfide) groups is 1. The molecule has 1 heterocycles. The van der Waals surface area contributed by atoms with Gasteiger partial charge in [-0.25, -0.2) is 5.43 Å². The molecule has 1 N–H and O–H groups in total. The zero-order valence-corrected chi connectivity index (χ0v) is 17.4. The lowest BCUT2D eigenvalue weighted by molar-refractivity contribution is -0.118. The summed E-state index contributed by atoms with van der Waals surface area (Å²) in [5, 5.41) is 13.3. The summed E-state index contributed by atoms with van der Waals surface area (Å²) in [5.74, 6) is 1.55. The topological polar surface area (TPSA) is 81.4 Å². The number of benzene rings is 2. The van der Waals surface area contributed by atoms with Gasteiger partial charge in [-0.3, -0.25) is 4.79 Å². The van der Waals surface area contributed by atoms with Crippen molar-refractivity contribution in [1.29, 1.82) is 0 Å². The number of carbonyl (C=O) groups excluding carboxylic acids is 1. The van der Waals surface area contributed by atoms with Crippen LogP contribution < -0.4 is 10.2 Å². The maximum Gasteiger partial charge on any atom is 0.250 e. The number of hydrazone groups is 1. The van der Waals surface area contributed by atoms with Gasteiger partial charge < -0.3 is 9.30 Å². The summed E-state index contributed by atoms with van der Waals surface area (Å²) >= 11 is 1.33. The van der Waals surface area contributed by atoms with Gasteiger partial charge in [0.05, 0.1) is 19.1 Å². The van der Waals surface area contributed by atoms with Crippen LogP contribution in [0.25, 0.3) is 11.4 Å². The highest BCUT2D eigenvalue weighted by atomic mass is 32.2. The molecule has 0 bridgehead atoms. The van der Waals surface area contributed by atoms with Gasteiger partial charge in [-0.1, -0.05) is 36.0 Å². The minimum atomic E-state index is -0.198. The molecular formula is C21H23N5O2S. The Hall–Kier alpha value is -3.13. The lowest BCUT2D eigenvalue weighted by Crippen LogP contribution is -2.20. The molecule has 1 aromatic heterocycles. The molecule has 0 spiro atoms. The summed E-state index contributed by atoms with van der Waals surface area (Å²) < 4.78 is 7.18. The average molecular weight is 410 g/mol. The number of nitrogens with one attached hydrogen (secondary N) is 1. The largest absolute Gasteiger partial charge is 0.497 e. The fraction of sp³-hybridized carbons (Fsp3) is 0.238. The standard InChI is InChI=1S/C21H23N5O2S/c1-4-26-20(16-9-11-18(28-3)12-10-16)24-25-21(26)29-14-19(27)23-22-13-17-8-6-5-7-15(17)2/h5-13H,4,14H2,1-3H3,(H,23,27)/b22-13+. The van der Waals surface area contributed by atoms with Gasteiger partial charge in [0, 0.05) is 12.1 Å². The summed E-state index contributed by atoms with van der Waals surface area (Å²) in [6.07, 6.45) is 1.65. The zero-order chi connectivity index (χ0) is 20.6. The first-order valence-electron chi connectivity index (χ1n) is 9.20. The van der Waals surface area contributed by atoms with E-state index in [1.807, 2.05) is 66.9 Å². The Bertz CT molecular complexity index is 999. The van der Waals surface area contributed by atoms with Crippen molar-refractivity contribution in [3.05, 3.63) is 59.7 Å². The van der Waals surface area contributed by atoms with Crippen molar-refractivity contribution < 1.29 is 9.53 Å². The fourth-order valence-corrected chi connectivity index (χ4v) is 3.50. The van der Waals surface area contributed by atoms with E-state index in [9.17, 15) is 4.79 Å². The third kappa shape index (κ3) is 5.23. The fourth-order valence-electron chi connectivity index (χ4n) is 2.70. The molecule has 150 valence electrons. The molecule has 0 aliphatic carbocycles. The van der Waals surface area contributed by atoms with Crippen molar-refractivity contribution in [3.63, 3.8) is 0 Å². The molecule has 0 saturated heterocycles. The van der Waals surface area contributed by atoms with Gasteiger partial charge in [-0.05, 0) is 49.2 Å². The molecule has 0 atom stereocenters. The highest BCUT2D eigenvalue weighted by molar-refractivity contribution is 7.99. The molecule has 8 heteroatoms. The minimum Gasteiger partial charge on any atom is -0.497 e. The average Bonchev–Trinajstić information content (AvgIpc) is 3.16. The van der Waals surface area contributed by atoms with Gasteiger partial charge in [-0.2, -0.15) is 5.10 Å². The summed E-state index contributed by atoms with van der Waals surface area (Å²) in [5.41, 5.74) is 5.57. The molecular weight excluding hydrogens is 386 g/mol. The second-order valence-electron chi connectivity index (χ2n) is 6.22. The van der Waals surface area contributed by atoms with Crippen molar-refractivity contribution in [3.8, 4) is 17.1 Å². The lowest BCUT2D eigenvalue weighted by atomic mass is 10.1. The van der Waals surface area contributed by atoms with Crippen LogP contribution in [-0.2, 0) is 11.3 Å². The molecule has 1 amide bonds. The molecule has 29 heavy (non-hydrogen) atoms. The van der Waals surface area contributed by atoms with Crippen LogP contribution in [0.4, 0.5) is 0 Å². The molecule has 0 unspecified atom stereocenters. The van der Waals surface area contributed by atoms with Crippen LogP contribution in [0, 0.1) is 6.92 Å². The van der Waals surface area contributed by atoms with Crippen LogP contribution in [0.1, 0.15) is 18.1 Å². The molecule has 0 aliphatic heterocycles. The summed E-state index contributed by atoms with van der Waals surface area (Å²) in [6.45, 7) is 4.72. The zero-order valence-electron chi connectivity index (χ0n) is 16.6. The third-order valence-corrected chi connectivity index (χ3v) is 5.26. The van der Waals surface area contributed by atoms with Gasteiger partial charge in [0.15, 0.2) is 11.0 Å². The van der Waals surface area contributed by atoms with Crippen LogP contribution in [0.2, 0.25) is 0 Å². The first kappa shape index (κ1) is 20.6. The normalized spacial score (nSPS) is 11.0. The number of aryl methyl sites for hydroxylation is 1. The number of hydrogen-bond donors (Lipinski definition) is 1. The number of amides is 1. The number of rotatable bonds is 8. The Balaban J connectivity index is 1.61. The SMILES string of the molecule is CCn1c(SCC(=O)N/N=C/c2ccccc2C)nnc1-c1ccc(OC)cc1. The second-order valence-corrected chi connectivity index (χ2v) is 7.16. The van der Waals surface area contributed by atoms with E-state index in [-0.39, 0.29) is 11.7 Å². The highest BCUT2D eigenvalue weighted by Crippen LogP contribution is 2.25. The number of aromatic nitrogens is 3. The van der Waals surface area contributed by atoms with Crippen LogP contribution in [0.5, 0.6) is 5.75 Å². The first-order valence-corrected chi connectivity index (χ1v) is 10.2. The Labute approximate surface area is 174 Å². The van der Waals surface area contributed by atoms with E-state index in [4.69, 9.17) is 4.74 Å². The number of methoxy groups -OCH3 is 1. The third-order valence-electron chi connectivity index (χ3n) is 4.29. The van der Waals surface area contributed by atoms with Gasteiger partial charge in [0.2, 0.25) is 0 Å². The van der Waals surface area contributed by atoms with E-state index in [2.05, 4.69) is 20.7 Å². The van der Waals surface area contributed by atoms with Crippen LogP contribution in [0.15, 0.2) is 58.8 Å². The molecule has 0 aliphatic rings. The van der Waals surface area contributed by atoms with Crippen molar-refractivity contribution in [1.82, 2.24) is 20.2 Å². The van der Waals surface area contributed by atoms with Crippen molar-refractivity contribution >= 4 is 23.9 Å². The smallest absolute Gasteiger partial charge is 0.250 e. The molecule has 3 rings (SSSR count). The lowest BCUT2D eigenvalue weighted by Gasteiger charge is -2.07. The minimum absolute atomic E-state index is 0.198. The number of carbonyl (C=O) groups is 1. The predicted octanol–water partition coefficient (Wildman–Crippen LogP) is 3.52. The van der Waals surface area contributed by atoms with Gasteiger partial charge >= 0.3 is 0 Å². The van der Waals surface area contributed by atoms with Crippen molar-refractivity contribution in [2.24, 2.45) is 5.10 Å². The monoisotopic (exact) mass is 409 g/mol. The quantitative estimate of drug-likeness (QED) is 0.350. The number of hydrogen-bond acceptors (Lipinski definition) is 6. The predicted molar refractivity (Wildman–Crippen MR) is 115 cm³/mol. The summed E-state index contributed by atoms with van der Waals surface area (Å²) in [4.78, 5) is 12.1. The molecule has 7 nitrogen and oxygen atoms in total. The number of nitrogens with zero attached hydrogens (tertiary/aromatic N) is 4.